The summed E-state index contributed by atoms with van der Waals surface area (Å²) in [5, 5.41) is 3.31. The molecule has 0 atom stereocenters. The molecular formula is C10H7NO4. The largest absolute Gasteiger partial charge is 0.433 e. The first kappa shape index (κ1) is 9.39. The van der Waals surface area contributed by atoms with E-state index in [2.05, 4.69) is 9.99 Å². The summed E-state index contributed by atoms with van der Waals surface area (Å²) in [5.74, 6) is -0.776. The zero-order valence-electron chi connectivity index (χ0n) is 7.89. The Morgan fingerprint density at radius 1 is 1.40 bits per heavy atom. The highest BCUT2D eigenvalue weighted by Crippen LogP contribution is 2.25. The van der Waals surface area contributed by atoms with E-state index < -0.39 is 5.97 Å². The molecule has 5 nitrogen and oxygen atoms in total. The number of rotatable bonds is 1. The van der Waals surface area contributed by atoms with Crippen LogP contribution in [0.15, 0.2) is 29.4 Å². The van der Waals surface area contributed by atoms with E-state index in [1.54, 1.807) is 24.3 Å². The zero-order valence-corrected chi connectivity index (χ0v) is 7.89. The normalized spacial score (nSPS) is 16.1. The van der Waals surface area contributed by atoms with Gasteiger partial charge in [0.25, 0.3) is 5.78 Å². The van der Waals surface area contributed by atoms with Crippen LogP contribution in [0, 0.1) is 0 Å². The molecule has 1 aliphatic heterocycles. The van der Waals surface area contributed by atoms with Crippen molar-refractivity contribution >= 4 is 17.7 Å². The minimum absolute atomic E-state index is 0.216. The van der Waals surface area contributed by atoms with Crippen LogP contribution in [-0.2, 0) is 9.63 Å². The van der Waals surface area contributed by atoms with Gasteiger partial charge in [0.2, 0.25) is 0 Å². The average molecular weight is 205 g/mol. The summed E-state index contributed by atoms with van der Waals surface area (Å²) in [6.45, 7) is 1.19. The Kier molecular flexibility index (Phi) is 2.21. The molecule has 0 saturated carbocycles. The number of carbonyl (C=O) groups is 2. The lowest BCUT2D eigenvalue weighted by Crippen LogP contribution is -2.13. The number of para-hydroxylation sites is 1. The predicted molar refractivity (Wildman–Crippen MR) is 50.6 cm³/mol. The summed E-state index contributed by atoms with van der Waals surface area (Å²) in [7, 11) is 0. The van der Waals surface area contributed by atoms with Gasteiger partial charge in [0.1, 0.15) is 5.75 Å². The lowest BCUT2D eigenvalue weighted by molar-refractivity contribution is -0.141. The fourth-order valence-electron chi connectivity index (χ4n) is 1.17. The van der Waals surface area contributed by atoms with Crippen LogP contribution in [0.4, 0.5) is 0 Å². The van der Waals surface area contributed by atoms with E-state index >= 15 is 0 Å². The molecule has 0 aliphatic carbocycles. The summed E-state index contributed by atoms with van der Waals surface area (Å²) in [4.78, 5) is 26.4. The molecule has 1 aromatic rings. The number of nitrogens with zero attached hydrogens (tertiary/aromatic N) is 1. The van der Waals surface area contributed by atoms with Gasteiger partial charge in [-0.1, -0.05) is 12.1 Å². The van der Waals surface area contributed by atoms with Crippen LogP contribution in [0.3, 0.4) is 0 Å². The summed E-state index contributed by atoms with van der Waals surface area (Å²) in [6, 6.07) is 6.72. The van der Waals surface area contributed by atoms with Gasteiger partial charge in [0.15, 0.2) is 0 Å². The summed E-state index contributed by atoms with van der Waals surface area (Å²) >= 11 is 0. The van der Waals surface area contributed by atoms with E-state index in [9.17, 15) is 9.59 Å². The fraction of sp³-hybridized carbons (Fsp3) is 0.100. The molecule has 0 fully saturated rings. The van der Waals surface area contributed by atoms with E-state index in [1.165, 1.54) is 6.92 Å². The molecule has 1 aliphatic rings. The molecule has 0 unspecified atom stereocenters. The Hall–Kier alpha value is -2.17. The quantitative estimate of drug-likeness (QED) is 0.509. The Labute approximate surface area is 85.3 Å². The highest BCUT2D eigenvalue weighted by Gasteiger charge is 2.29. The fourth-order valence-corrected chi connectivity index (χ4v) is 1.17. The second-order valence-electron chi connectivity index (χ2n) is 2.91. The number of Topliss-reactive ketones (excluding diaryl/α,β-unsaturated/α-hetero) is 1. The number of fused-ring (bicyclic) bond motifs is 1. The maximum absolute atomic E-state index is 11.6. The Morgan fingerprint density at radius 3 is 2.80 bits per heavy atom. The number of oxime groups is 1. The molecule has 0 bridgehead atoms. The van der Waals surface area contributed by atoms with Crippen molar-refractivity contribution in [2.45, 2.75) is 6.92 Å². The van der Waals surface area contributed by atoms with E-state index in [-0.39, 0.29) is 11.7 Å². The van der Waals surface area contributed by atoms with Crippen LogP contribution in [0.1, 0.15) is 17.3 Å². The molecule has 0 amide bonds. The lowest BCUT2D eigenvalue weighted by atomic mass is 10.1. The molecule has 0 N–H and O–H groups in total. The summed E-state index contributed by atoms with van der Waals surface area (Å²) in [5.41, 5.74) is 0.420. The summed E-state index contributed by atoms with van der Waals surface area (Å²) < 4.78 is 5.09. The monoisotopic (exact) mass is 205 g/mol. The molecule has 1 aromatic carbocycles. The molecule has 0 spiro atoms. The van der Waals surface area contributed by atoms with Gasteiger partial charge >= 0.3 is 11.9 Å². The lowest BCUT2D eigenvalue weighted by Gasteiger charge is -1.94. The van der Waals surface area contributed by atoms with Gasteiger partial charge in [0, 0.05) is 6.92 Å². The van der Waals surface area contributed by atoms with Crippen molar-refractivity contribution in [1.82, 2.24) is 0 Å². The van der Waals surface area contributed by atoms with Crippen LogP contribution in [0.25, 0.3) is 0 Å². The van der Waals surface area contributed by atoms with Crippen molar-refractivity contribution in [2.75, 3.05) is 0 Å². The third-order valence-electron chi connectivity index (χ3n) is 1.79. The maximum Gasteiger partial charge on any atom is 0.332 e. The number of ether oxygens (including phenoxy) is 1. The number of hydrogen-bond acceptors (Lipinski definition) is 5. The van der Waals surface area contributed by atoms with Gasteiger partial charge in [-0.25, -0.2) is 4.79 Å². The van der Waals surface area contributed by atoms with Crippen molar-refractivity contribution in [3.63, 3.8) is 0 Å². The summed E-state index contributed by atoms with van der Waals surface area (Å²) in [6.07, 6.45) is 0. The third-order valence-corrected chi connectivity index (χ3v) is 1.79. The van der Waals surface area contributed by atoms with Crippen LogP contribution < -0.4 is 4.74 Å². The van der Waals surface area contributed by atoms with E-state index in [0.29, 0.717) is 11.3 Å². The average Bonchev–Trinajstić information content (AvgIpc) is 2.54. The molecule has 15 heavy (non-hydrogen) atoms. The van der Waals surface area contributed by atoms with Crippen LogP contribution >= 0.6 is 0 Å². The van der Waals surface area contributed by atoms with E-state index in [4.69, 9.17) is 4.74 Å². The zero-order chi connectivity index (χ0) is 10.8. The second kappa shape index (κ2) is 3.53. The number of benzene rings is 1. The number of carbonyl (C=O) groups excluding carboxylic acids is 2. The first-order valence-electron chi connectivity index (χ1n) is 4.25. The van der Waals surface area contributed by atoms with Crippen LogP contribution in [0.5, 0.6) is 5.75 Å². The van der Waals surface area contributed by atoms with Crippen molar-refractivity contribution in [2.24, 2.45) is 5.16 Å². The predicted octanol–water partition coefficient (Wildman–Crippen LogP) is 1.14. The van der Waals surface area contributed by atoms with Crippen molar-refractivity contribution in [3.05, 3.63) is 29.8 Å². The van der Waals surface area contributed by atoms with Gasteiger partial charge in [0.05, 0.1) is 5.56 Å². The molecule has 76 valence electrons. The topological polar surface area (TPSA) is 65.0 Å². The minimum Gasteiger partial charge on any atom is -0.433 e. The standard InChI is InChI=1S/C10H7NO4/c1-6(12)15-11-10-9(13)7-4-2-3-5-8(7)14-10/h2-5H,1H3/b11-10-. The van der Waals surface area contributed by atoms with Gasteiger partial charge < -0.3 is 9.57 Å². The first-order chi connectivity index (χ1) is 7.18. The highest BCUT2D eigenvalue weighted by atomic mass is 16.7. The second-order valence-corrected chi connectivity index (χ2v) is 2.91. The number of ketones is 1. The smallest absolute Gasteiger partial charge is 0.332 e. The molecular weight excluding hydrogens is 198 g/mol. The molecule has 0 aromatic heterocycles. The molecule has 5 heteroatoms. The van der Waals surface area contributed by atoms with Crippen LogP contribution in [0.2, 0.25) is 0 Å². The van der Waals surface area contributed by atoms with E-state index in [1.807, 2.05) is 0 Å². The Bertz CT molecular complexity index is 464. The molecule has 1 heterocycles. The van der Waals surface area contributed by atoms with Crippen molar-refractivity contribution < 1.29 is 19.2 Å². The first-order valence-corrected chi connectivity index (χ1v) is 4.25. The Balaban J connectivity index is 2.27. The van der Waals surface area contributed by atoms with Gasteiger partial charge in [-0.3, -0.25) is 4.79 Å². The molecule has 2 rings (SSSR count). The van der Waals surface area contributed by atoms with Crippen molar-refractivity contribution in [3.8, 4) is 5.75 Å². The van der Waals surface area contributed by atoms with E-state index in [0.717, 1.165) is 0 Å². The van der Waals surface area contributed by atoms with Gasteiger partial charge in [-0.2, -0.15) is 0 Å². The Morgan fingerprint density at radius 2 is 2.13 bits per heavy atom. The van der Waals surface area contributed by atoms with Gasteiger partial charge in [-0.15, -0.1) is 0 Å². The molecule has 0 radical (unpaired) electrons. The maximum atomic E-state index is 11.6. The molecule has 0 saturated heterocycles. The SMILES string of the molecule is CC(=O)O/N=C1\Oc2ccccc2C1=O. The minimum atomic E-state index is -0.602. The van der Waals surface area contributed by atoms with Gasteiger partial charge in [-0.05, 0) is 17.3 Å². The van der Waals surface area contributed by atoms with Crippen LogP contribution in [-0.4, -0.2) is 17.7 Å². The highest BCUT2D eigenvalue weighted by molar-refractivity contribution is 6.46. The van der Waals surface area contributed by atoms with Crippen molar-refractivity contribution in [1.29, 1.82) is 0 Å². The third kappa shape index (κ3) is 1.71. The number of hydrogen-bond donors (Lipinski definition) is 0.